The van der Waals surface area contributed by atoms with Gasteiger partial charge in [0, 0.05) is 40.8 Å². The number of methoxy groups -OCH3 is 1. The molecule has 0 radical (unpaired) electrons. The maximum Gasteiger partial charge on any atom is 0.223 e. The normalized spacial score (nSPS) is 16.0. The second-order valence-corrected chi connectivity index (χ2v) is 9.71. The second kappa shape index (κ2) is 9.23. The van der Waals surface area contributed by atoms with Gasteiger partial charge in [-0.1, -0.05) is 6.07 Å². The van der Waals surface area contributed by atoms with Crippen molar-refractivity contribution in [3.8, 4) is 16.2 Å². The molecule has 4 heterocycles. The predicted molar refractivity (Wildman–Crippen MR) is 134 cm³/mol. The lowest BCUT2D eigenvalue weighted by Gasteiger charge is -2.10. The molecule has 1 atom stereocenters. The highest BCUT2D eigenvalue weighted by atomic mass is 32.1. The Balaban J connectivity index is 1.70. The van der Waals surface area contributed by atoms with Gasteiger partial charge in [-0.3, -0.25) is 4.79 Å². The van der Waals surface area contributed by atoms with Gasteiger partial charge in [-0.15, -0.1) is 11.3 Å². The third-order valence-electron chi connectivity index (χ3n) is 6.50. The van der Waals surface area contributed by atoms with Crippen molar-refractivity contribution in [1.29, 1.82) is 0 Å². The van der Waals surface area contributed by atoms with E-state index >= 15 is 0 Å². The first-order chi connectivity index (χ1) is 16.5. The molecule has 0 spiro atoms. The van der Waals surface area contributed by atoms with Crippen LogP contribution in [0.1, 0.15) is 36.6 Å². The number of carbonyl (C=O) groups is 1. The monoisotopic (exact) mass is 479 g/mol. The summed E-state index contributed by atoms with van der Waals surface area (Å²) in [7, 11) is 1.70. The number of ether oxygens (including phenoxy) is 2. The Labute approximate surface area is 202 Å². The van der Waals surface area contributed by atoms with E-state index in [1.54, 1.807) is 18.4 Å². The Bertz CT molecular complexity index is 1380. The lowest BCUT2D eigenvalue weighted by Crippen LogP contribution is -2.19. The molecule has 9 heteroatoms. The number of benzene rings is 1. The van der Waals surface area contributed by atoms with Gasteiger partial charge >= 0.3 is 0 Å². The minimum absolute atomic E-state index is 0.0182. The molecule has 3 N–H and O–H groups in total. The van der Waals surface area contributed by atoms with Gasteiger partial charge in [-0.2, -0.15) is 5.10 Å². The Hall–Kier alpha value is -3.17. The molecule has 1 aromatic carbocycles. The van der Waals surface area contributed by atoms with Gasteiger partial charge in [0.15, 0.2) is 5.82 Å². The summed E-state index contributed by atoms with van der Waals surface area (Å²) < 4.78 is 14.6. The average Bonchev–Trinajstić information content (AvgIpc) is 3.51. The van der Waals surface area contributed by atoms with E-state index < -0.39 is 0 Å². The minimum atomic E-state index is 0.0182. The molecule has 3 aromatic heterocycles. The smallest absolute Gasteiger partial charge is 0.223 e. The molecule has 1 aliphatic heterocycles. The molecule has 0 saturated carbocycles. The van der Waals surface area contributed by atoms with Gasteiger partial charge in [-0.25, -0.2) is 9.50 Å². The minimum Gasteiger partial charge on any atom is -0.495 e. The number of rotatable bonds is 8. The summed E-state index contributed by atoms with van der Waals surface area (Å²) >= 11 is 1.67. The number of amides is 1. The van der Waals surface area contributed by atoms with Gasteiger partial charge < -0.3 is 20.5 Å². The first kappa shape index (κ1) is 22.6. The summed E-state index contributed by atoms with van der Waals surface area (Å²) in [5.74, 6) is 1.43. The van der Waals surface area contributed by atoms with E-state index in [1.165, 1.54) is 6.33 Å². The number of nitrogens with one attached hydrogen (secondary N) is 1. The first-order valence-electron chi connectivity index (χ1n) is 11.6. The van der Waals surface area contributed by atoms with Crippen LogP contribution in [0.3, 0.4) is 0 Å². The topological polar surface area (TPSA) is 104 Å². The highest BCUT2D eigenvalue weighted by Gasteiger charge is 2.28. The van der Waals surface area contributed by atoms with Gasteiger partial charge in [0.1, 0.15) is 17.6 Å². The van der Waals surface area contributed by atoms with Gasteiger partial charge in [0.2, 0.25) is 5.91 Å². The molecule has 1 amide bonds. The van der Waals surface area contributed by atoms with Crippen molar-refractivity contribution in [2.45, 2.75) is 39.7 Å². The summed E-state index contributed by atoms with van der Waals surface area (Å²) in [6, 6.07) is 6.40. The maximum atomic E-state index is 12.2. The van der Waals surface area contributed by atoms with E-state index in [-0.39, 0.29) is 11.8 Å². The molecular weight excluding hydrogens is 450 g/mol. The van der Waals surface area contributed by atoms with Crippen LogP contribution in [0.4, 0.5) is 5.82 Å². The number of carbonyl (C=O) groups excluding carboxylic acids is 1. The SMILES string of the molecule is CCOCc1c(-c2cc3cc(C)cc(OC)c3s2)c2c(N)ncnn2c1CC[C@H]1CCNC1=O. The summed E-state index contributed by atoms with van der Waals surface area (Å²) in [6.07, 6.45) is 3.80. The van der Waals surface area contributed by atoms with Crippen molar-refractivity contribution in [3.63, 3.8) is 0 Å². The highest BCUT2D eigenvalue weighted by Crippen LogP contribution is 2.44. The molecule has 5 rings (SSSR count). The van der Waals surface area contributed by atoms with Crippen molar-refractivity contribution < 1.29 is 14.3 Å². The summed E-state index contributed by atoms with van der Waals surface area (Å²) in [6.45, 7) is 5.82. The number of hydrogen-bond donors (Lipinski definition) is 2. The number of nitrogens with two attached hydrogens (primary N) is 1. The van der Waals surface area contributed by atoms with E-state index in [1.807, 2.05) is 11.4 Å². The third-order valence-corrected chi connectivity index (χ3v) is 7.68. The van der Waals surface area contributed by atoms with Crippen LogP contribution < -0.4 is 15.8 Å². The predicted octanol–water partition coefficient (Wildman–Crippen LogP) is 4.12. The van der Waals surface area contributed by atoms with Crippen molar-refractivity contribution in [2.24, 2.45) is 5.92 Å². The quantitative estimate of drug-likeness (QED) is 0.394. The third kappa shape index (κ3) is 3.88. The number of thiophene rings is 1. The molecule has 0 unspecified atom stereocenters. The van der Waals surface area contributed by atoms with E-state index in [9.17, 15) is 4.79 Å². The van der Waals surface area contributed by atoms with E-state index in [4.69, 9.17) is 15.2 Å². The first-order valence-corrected chi connectivity index (χ1v) is 12.4. The fourth-order valence-corrected chi connectivity index (χ4v) is 6.08. The van der Waals surface area contributed by atoms with Crippen LogP contribution in [0.2, 0.25) is 0 Å². The fraction of sp³-hybridized carbons (Fsp3) is 0.400. The Morgan fingerprint density at radius 1 is 1.32 bits per heavy atom. The largest absolute Gasteiger partial charge is 0.495 e. The van der Waals surface area contributed by atoms with Crippen LogP contribution in [-0.4, -0.2) is 40.8 Å². The molecule has 1 saturated heterocycles. The van der Waals surface area contributed by atoms with Gasteiger partial charge in [-0.05, 0) is 56.2 Å². The van der Waals surface area contributed by atoms with Crippen LogP contribution in [0, 0.1) is 12.8 Å². The Morgan fingerprint density at radius 3 is 2.91 bits per heavy atom. The molecule has 34 heavy (non-hydrogen) atoms. The maximum absolute atomic E-state index is 12.2. The molecule has 1 fully saturated rings. The van der Waals surface area contributed by atoms with Crippen LogP contribution in [0.15, 0.2) is 24.5 Å². The summed E-state index contributed by atoms with van der Waals surface area (Å²) in [5.41, 5.74) is 11.4. The number of aromatic nitrogens is 3. The standard InChI is InChI=1S/C25H29N5O3S/c1-4-33-12-17-18(6-5-15-7-8-27-25(15)31)30-22(24(26)28-13-29-30)21(17)20-11-16-9-14(2)10-19(32-3)23(16)34-20/h9-11,13,15H,4-8,12H2,1-3H3,(H,27,31)(H2,26,28,29)/t15-/m0/s1. The number of nitrogens with zero attached hydrogens (tertiary/aromatic N) is 3. The van der Waals surface area contributed by atoms with Crippen LogP contribution >= 0.6 is 11.3 Å². The highest BCUT2D eigenvalue weighted by molar-refractivity contribution is 7.22. The zero-order valence-corrected chi connectivity index (χ0v) is 20.5. The lowest BCUT2D eigenvalue weighted by atomic mass is 9.98. The van der Waals surface area contributed by atoms with Gasteiger partial charge in [0.05, 0.1) is 18.4 Å². The van der Waals surface area contributed by atoms with E-state index in [0.29, 0.717) is 25.5 Å². The van der Waals surface area contributed by atoms with Gasteiger partial charge in [0.25, 0.3) is 0 Å². The van der Waals surface area contributed by atoms with Crippen molar-refractivity contribution >= 4 is 38.7 Å². The Kier molecular flexibility index (Phi) is 6.14. The molecule has 0 aliphatic carbocycles. The number of hydrogen-bond acceptors (Lipinski definition) is 7. The van der Waals surface area contributed by atoms with Crippen LogP contribution in [-0.2, 0) is 22.6 Å². The second-order valence-electron chi connectivity index (χ2n) is 8.65. The lowest BCUT2D eigenvalue weighted by molar-refractivity contribution is -0.122. The van der Waals surface area contributed by atoms with Crippen LogP contribution in [0.25, 0.3) is 26.0 Å². The number of anilines is 1. The molecule has 0 bridgehead atoms. The molecule has 1 aliphatic rings. The zero-order chi connectivity index (χ0) is 23.8. The Morgan fingerprint density at radius 2 is 2.18 bits per heavy atom. The van der Waals surface area contributed by atoms with Crippen molar-refractivity contribution in [3.05, 3.63) is 41.3 Å². The molecule has 4 aromatic rings. The van der Waals surface area contributed by atoms with Crippen LogP contribution in [0.5, 0.6) is 5.75 Å². The molecular formula is C25H29N5O3S. The molecule has 178 valence electrons. The molecule has 8 nitrogen and oxygen atoms in total. The van der Waals surface area contributed by atoms with E-state index in [0.717, 1.165) is 68.0 Å². The fourth-order valence-electron chi connectivity index (χ4n) is 4.87. The summed E-state index contributed by atoms with van der Waals surface area (Å²) in [4.78, 5) is 17.6. The number of aryl methyl sites for hydroxylation is 2. The van der Waals surface area contributed by atoms with E-state index in [2.05, 4.69) is 40.5 Å². The van der Waals surface area contributed by atoms with Crippen molar-refractivity contribution in [2.75, 3.05) is 26.0 Å². The zero-order valence-electron chi connectivity index (χ0n) is 19.7. The van der Waals surface area contributed by atoms with Crippen molar-refractivity contribution in [1.82, 2.24) is 19.9 Å². The number of nitrogen functional groups attached to an aromatic ring is 1. The summed E-state index contributed by atoms with van der Waals surface area (Å²) in [5, 5.41) is 8.63. The number of fused-ring (bicyclic) bond motifs is 2. The average molecular weight is 480 g/mol.